The molecule has 2 heterocycles. The Hall–Kier alpha value is -3.41. The molecule has 3 aromatic rings. The van der Waals surface area contributed by atoms with Crippen LogP contribution in [0.25, 0.3) is 10.9 Å². The van der Waals surface area contributed by atoms with E-state index in [1.54, 1.807) is 18.3 Å². The Bertz CT molecular complexity index is 1150. The molecule has 2 aromatic carbocycles. The highest BCUT2D eigenvalue weighted by atomic mass is 16.4. The Morgan fingerprint density at radius 2 is 1.76 bits per heavy atom. The molecule has 1 aromatic heterocycles. The molecule has 0 unspecified atom stereocenters. The van der Waals surface area contributed by atoms with Gasteiger partial charge in [0, 0.05) is 23.5 Å². The molecule has 29 heavy (non-hydrogen) atoms. The third-order valence-corrected chi connectivity index (χ3v) is 5.47. The lowest BCUT2D eigenvalue weighted by atomic mass is 9.85. The Labute approximate surface area is 168 Å². The quantitative estimate of drug-likeness (QED) is 0.664. The fraction of sp³-hybridized carbons (Fsp3) is 0.261. The number of nitrogens with zero attached hydrogens (tertiary/aromatic N) is 1. The summed E-state index contributed by atoms with van der Waals surface area (Å²) in [6.07, 6.45) is 1.77. The number of imide groups is 1. The lowest BCUT2D eigenvalue weighted by molar-refractivity contribution is -0.141. The van der Waals surface area contributed by atoms with Crippen LogP contribution in [0.4, 0.5) is 0 Å². The van der Waals surface area contributed by atoms with Crippen LogP contribution in [0.3, 0.4) is 0 Å². The minimum Gasteiger partial charge on any atom is -0.480 e. The van der Waals surface area contributed by atoms with Gasteiger partial charge in [-0.3, -0.25) is 14.5 Å². The first-order valence-corrected chi connectivity index (χ1v) is 9.48. The number of hydrogen-bond acceptors (Lipinski definition) is 3. The van der Waals surface area contributed by atoms with Crippen molar-refractivity contribution in [2.45, 2.75) is 38.6 Å². The van der Waals surface area contributed by atoms with Gasteiger partial charge in [0.2, 0.25) is 0 Å². The molecule has 6 nitrogen and oxygen atoms in total. The van der Waals surface area contributed by atoms with E-state index < -0.39 is 23.8 Å². The maximum atomic E-state index is 13.1. The topological polar surface area (TPSA) is 90.5 Å². The average molecular weight is 390 g/mol. The van der Waals surface area contributed by atoms with Crippen molar-refractivity contribution < 1.29 is 19.5 Å². The standard InChI is InChI=1S/C23H22N2O4/c1-23(2,3)14-8-9-16-17(11-14)21(27)25(20(16)26)19(22(28)29)10-13-12-24-18-7-5-4-6-15(13)18/h4-9,11-12,19,24H,10H2,1-3H3,(H,28,29)/t19-/m0/s1. The first-order valence-electron chi connectivity index (χ1n) is 9.48. The van der Waals surface area contributed by atoms with Crippen LogP contribution in [0, 0.1) is 0 Å². The molecule has 4 rings (SSSR count). The van der Waals surface area contributed by atoms with Gasteiger partial charge in [0.1, 0.15) is 6.04 Å². The molecule has 1 aliphatic rings. The zero-order valence-corrected chi connectivity index (χ0v) is 16.5. The van der Waals surface area contributed by atoms with Gasteiger partial charge in [0.15, 0.2) is 0 Å². The molecule has 2 amide bonds. The second-order valence-corrected chi connectivity index (χ2v) is 8.41. The maximum absolute atomic E-state index is 13.1. The van der Waals surface area contributed by atoms with Gasteiger partial charge in [-0.2, -0.15) is 0 Å². The molecule has 148 valence electrons. The van der Waals surface area contributed by atoms with Crippen molar-refractivity contribution >= 4 is 28.7 Å². The van der Waals surface area contributed by atoms with Crippen LogP contribution in [0.1, 0.15) is 52.6 Å². The highest BCUT2D eigenvalue weighted by Gasteiger charge is 2.43. The van der Waals surface area contributed by atoms with Crippen LogP contribution in [-0.2, 0) is 16.6 Å². The van der Waals surface area contributed by atoms with E-state index in [2.05, 4.69) is 4.98 Å². The van der Waals surface area contributed by atoms with Gasteiger partial charge in [-0.05, 0) is 34.7 Å². The third-order valence-electron chi connectivity index (χ3n) is 5.47. The number of hydrogen-bond donors (Lipinski definition) is 2. The van der Waals surface area contributed by atoms with E-state index in [1.165, 1.54) is 0 Å². The van der Waals surface area contributed by atoms with Gasteiger partial charge in [0.05, 0.1) is 11.1 Å². The number of carboxylic acid groups (broad SMARTS) is 1. The van der Waals surface area contributed by atoms with Crippen molar-refractivity contribution in [3.05, 3.63) is 70.9 Å². The number of aromatic amines is 1. The first-order chi connectivity index (χ1) is 13.7. The number of H-pyrrole nitrogens is 1. The largest absolute Gasteiger partial charge is 0.480 e. The van der Waals surface area contributed by atoms with E-state index in [4.69, 9.17) is 0 Å². The number of aromatic nitrogens is 1. The Kier molecular flexibility index (Phi) is 4.30. The number of rotatable bonds is 4. The van der Waals surface area contributed by atoms with Gasteiger partial charge in [-0.15, -0.1) is 0 Å². The molecular formula is C23H22N2O4. The Morgan fingerprint density at radius 1 is 1.07 bits per heavy atom. The van der Waals surface area contributed by atoms with Crippen LogP contribution in [0.15, 0.2) is 48.7 Å². The molecule has 1 atom stereocenters. The van der Waals surface area contributed by atoms with Gasteiger partial charge < -0.3 is 10.1 Å². The van der Waals surface area contributed by atoms with E-state index in [1.807, 2.05) is 51.1 Å². The second kappa shape index (κ2) is 6.58. The van der Waals surface area contributed by atoms with Gasteiger partial charge in [-0.25, -0.2) is 4.79 Å². The third kappa shape index (κ3) is 3.10. The van der Waals surface area contributed by atoms with Crippen LogP contribution in [-0.4, -0.2) is 38.8 Å². The van der Waals surface area contributed by atoms with Crippen LogP contribution in [0.2, 0.25) is 0 Å². The van der Waals surface area contributed by atoms with Gasteiger partial charge >= 0.3 is 5.97 Å². The predicted molar refractivity (Wildman–Crippen MR) is 109 cm³/mol. The minimum absolute atomic E-state index is 0.0386. The predicted octanol–water partition coefficient (Wildman–Crippen LogP) is 3.76. The monoisotopic (exact) mass is 390 g/mol. The van der Waals surface area contributed by atoms with Crippen molar-refractivity contribution in [3.63, 3.8) is 0 Å². The van der Waals surface area contributed by atoms with Crippen molar-refractivity contribution in [2.24, 2.45) is 0 Å². The second-order valence-electron chi connectivity index (χ2n) is 8.41. The number of carbonyl (C=O) groups excluding carboxylic acids is 2. The molecule has 2 N–H and O–H groups in total. The summed E-state index contributed by atoms with van der Waals surface area (Å²) >= 11 is 0. The van der Waals surface area contributed by atoms with E-state index in [0.29, 0.717) is 0 Å². The molecule has 0 spiro atoms. The summed E-state index contributed by atoms with van der Waals surface area (Å²) in [5, 5.41) is 10.7. The van der Waals surface area contributed by atoms with Crippen molar-refractivity contribution in [2.75, 3.05) is 0 Å². The minimum atomic E-state index is -1.28. The van der Waals surface area contributed by atoms with Crippen LogP contribution < -0.4 is 0 Å². The summed E-state index contributed by atoms with van der Waals surface area (Å²) < 4.78 is 0. The number of carboxylic acids is 1. The fourth-order valence-corrected chi connectivity index (χ4v) is 3.81. The summed E-state index contributed by atoms with van der Waals surface area (Å²) in [5.41, 5.74) is 2.88. The zero-order valence-electron chi connectivity index (χ0n) is 16.5. The summed E-state index contributed by atoms with van der Waals surface area (Å²) in [7, 11) is 0. The van der Waals surface area contributed by atoms with E-state index in [0.717, 1.165) is 26.9 Å². The van der Waals surface area contributed by atoms with E-state index in [9.17, 15) is 19.5 Å². The van der Waals surface area contributed by atoms with E-state index >= 15 is 0 Å². The van der Waals surface area contributed by atoms with E-state index in [-0.39, 0.29) is 23.0 Å². The summed E-state index contributed by atoms with van der Waals surface area (Å²) in [6.45, 7) is 6.06. The van der Waals surface area contributed by atoms with Crippen molar-refractivity contribution in [1.82, 2.24) is 9.88 Å². The van der Waals surface area contributed by atoms with Crippen LogP contribution >= 0.6 is 0 Å². The molecule has 0 fully saturated rings. The molecule has 0 saturated carbocycles. The zero-order chi connectivity index (χ0) is 20.9. The highest BCUT2D eigenvalue weighted by molar-refractivity contribution is 6.22. The average Bonchev–Trinajstić information content (AvgIpc) is 3.18. The molecule has 1 aliphatic heterocycles. The van der Waals surface area contributed by atoms with Crippen LogP contribution in [0.5, 0.6) is 0 Å². The Morgan fingerprint density at radius 3 is 2.45 bits per heavy atom. The highest BCUT2D eigenvalue weighted by Crippen LogP contribution is 2.31. The van der Waals surface area contributed by atoms with Crippen molar-refractivity contribution in [1.29, 1.82) is 0 Å². The van der Waals surface area contributed by atoms with Gasteiger partial charge in [-0.1, -0.05) is 45.0 Å². The SMILES string of the molecule is CC(C)(C)c1ccc2c(c1)C(=O)N([C@@H](Cc1c[nH]c3ccccc13)C(=O)O)C2=O. The maximum Gasteiger partial charge on any atom is 0.327 e. The Balaban J connectivity index is 1.72. The summed E-state index contributed by atoms with van der Waals surface area (Å²) in [6, 6.07) is 11.4. The number of nitrogens with one attached hydrogen (secondary N) is 1. The number of amides is 2. The number of para-hydroxylation sites is 1. The number of carbonyl (C=O) groups is 3. The molecule has 0 bridgehead atoms. The lowest BCUT2D eigenvalue weighted by Gasteiger charge is -2.22. The number of benzene rings is 2. The molecule has 0 saturated heterocycles. The molecule has 0 aliphatic carbocycles. The number of aliphatic carboxylic acids is 1. The molecule has 0 radical (unpaired) electrons. The number of fused-ring (bicyclic) bond motifs is 2. The summed E-state index contributed by atoms with van der Waals surface area (Å²) in [5.74, 6) is -2.32. The summed E-state index contributed by atoms with van der Waals surface area (Å²) in [4.78, 5) is 42.1. The smallest absolute Gasteiger partial charge is 0.327 e. The van der Waals surface area contributed by atoms with Crippen molar-refractivity contribution in [3.8, 4) is 0 Å². The lowest BCUT2D eigenvalue weighted by Crippen LogP contribution is -2.46. The first kappa shape index (κ1) is 18.9. The normalized spacial score (nSPS) is 15.1. The molecular weight excluding hydrogens is 368 g/mol. The van der Waals surface area contributed by atoms with Gasteiger partial charge in [0.25, 0.3) is 11.8 Å². The molecule has 6 heteroatoms. The fourth-order valence-electron chi connectivity index (χ4n) is 3.81.